The zero-order chi connectivity index (χ0) is 18.2. The minimum atomic E-state index is 0.0588. The molecule has 0 N–H and O–H groups in total. The second kappa shape index (κ2) is 9.31. The third-order valence-corrected chi connectivity index (χ3v) is 4.39. The number of likely N-dealkylation sites (N-methyl/N-ethyl adjacent to an activating group) is 2. The lowest BCUT2D eigenvalue weighted by molar-refractivity contribution is -0.135. The Labute approximate surface area is 149 Å². The van der Waals surface area contributed by atoms with Crippen molar-refractivity contribution in [2.24, 2.45) is 0 Å². The van der Waals surface area contributed by atoms with Crippen LogP contribution in [0.3, 0.4) is 0 Å². The average Bonchev–Trinajstić information content (AvgIpc) is 2.63. The molecule has 1 fully saturated rings. The zero-order valence-electron chi connectivity index (χ0n) is 15.4. The Hall–Kier alpha value is -2.22. The Kier molecular flexibility index (Phi) is 7.12. The summed E-state index contributed by atoms with van der Waals surface area (Å²) >= 11 is 0. The maximum Gasteiger partial charge on any atom is 0.236 e. The first-order valence-electron chi connectivity index (χ1n) is 8.81. The number of aromatic nitrogens is 2. The summed E-state index contributed by atoms with van der Waals surface area (Å²) in [5, 5.41) is 0. The highest BCUT2D eigenvalue weighted by molar-refractivity contribution is 5.81. The van der Waals surface area contributed by atoms with Gasteiger partial charge in [0.15, 0.2) is 0 Å². The highest BCUT2D eigenvalue weighted by Gasteiger charge is 2.23. The maximum absolute atomic E-state index is 12.5. The monoisotopic (exact) mass is 348 g/mol. The predicted octanol–water partition coefficient (Wildman–Crippen LogP) is -0.0746. The first kappa shape index (κ1) is 19.1. The molecule has 2 amide bonds. The first-order chi connectivity index (χ1) is 12.0. The van der Waals surface area contributed by atoms with Gasteiger partial charge in [-0.05, 0) is 27.0 Å². The summed E-state index contributed by atoms with van der Waals surface area (Å²) in [5.41, 5.74) is 0. The van der Waals surface area contributed by atoms with E-state index in [1.807, 2.05) is 25.8 Å². The Morgan fingerprint density at radius 2 is 1.64 bits per heavy atom. The fourth-order valence-electron chi connectivity index (χ4n) is 2.90. The van der Waals surface area contributed by atoms with E-state index in [4.69, 9.17) is 0 Å². The van der Waals surface area contributed by atoms with E-state index in [1.165, 1.54) is 0 Å². The molecule has 8 nitrogen and oxygen atoms in total. The molecular weight excluding hydrogens is 320 g/mol. The van der Waals surface area contributed by atoms with Crippen LogP contribution in [0.1, 0.15) is 13.8 Å². The lowest BCUT2D eigenvalue weighted by Crippen LogP contribution is -2.52. The third-order valence-electron chi connectivity index (χ3n) is 4.39. The van der Waals surface area contributed by atoms with Crippen LogP contribution in [0.25, 0.3) is 0 Å². The minimum absolute atomic E-state index is 0.0588. The molecule has 0 saturated carbocycles. The van der Waals surface area contributed by atoms with E-state index in [-0.39, 0.29) is 24.9 Å². The second-order valence-electron chi connectivity index (χ2n) is 6.15. The molecule has 1 aliphatic rings. The SMILES string of the molecule is CCN(CC)C(=O)CN(C)CC(=O)N1CCN(c2ncccn2)CC1. The molecule has 1 aromatic heterocycles. The molecule has 1 saturated heterocycles. The summed E-state index contributed by atoms with van der Waals surface area (Å²) in [6.45, 7) is 8.58. The van der Waals surface area contributed by atoms with Gasteiger partial charge in [0.2, 0.25) is 17.8 Å². The molecular formula is C17H28N6O2. The maximum atomic E-state index is 12.5. The van der Waals surface area contributed by atoms with Crippen LogP contribution >= 0.6 is 0 Å². The largest absolute Gasteiger partial charge is 0.342 e. The van der Waals surface area contributed by atoms with Gasteiger partial charge in [-0.2, -0.15) is 0 Å². The predicted molar refractivity (Wildman–Crippen MR) is 96.3 cm³/mol. The van der Waals surface area contributed by atoms with Crippen molar-refractivity contribution in [2.75, 3.05) is 64.3 Å². The highest BCUT2D eigenvalue weighted by Crippen LogP contribution is 2.10. The summed E-state index contributed by atoms with van der Waals surface area (Å²) in [6, 6.07) is 1.79. The van der Waals surface area contributed by atoms with Crippen LogP contribution in [0.15, 0.2) is 18.5 Å². The van der Waals surface area contributed by atoms with Gasteiger partial charge in [-0.25, -0.2) is 9.97 Å². The number of piperazine rings is 1. The molecule has 0 radical (unpaired) electrons. The van der Waals surface area contributed by atoms with Gasteiger partial charge in [0.25, 0.3) is 0 Å². The highest BCUT2D eigenvalue weighted by atomic mass is 16.2. The zero-order valence-corrected chi connectivity index (χ0v) is 15.4. The molecule has 138 valence electrons. The summed E-state index contributed by atoms with van der Waals surface area (Å²) in [6.07, 6.45) is 3.45. The average molecular weight is 348 g/mol. The number of carbonyl (C=O) groups excluding carboxylic acids is 2. The van der Waals surface area contributed by atoms with Crippen LogP contribution in [-0.2, 0) is 9.59 Å². The summed E-state index contributed by atoms with van der Waals surface area (Å²) < 4.78 is 0. The fourth-order valence-corrected chi connectivity index (χ4v) is 2.90. The molecule has 0 aliphatic carbocycles. The van der Waals surface area contributed by atoms with Crippen LogP contribution in [0.5, 0.6) is 0 Å². The van der Waals surface area contributed by atoms with Crippen LogP contribution in [0.4, 0.5) is 5.95 Å². The molecule has 0 aromatic carbocycles. The third kappa shape index (κ3) is 5.38. The molecule has 2 rings (SSSR count). The Morgan fingerprint density at radius 3 is 2.20 bits per heavy atom. The minimum Gasteiger partial charge on any atom is -0.342 e. The van der Waals surface area contributed by atoms with Gasteiger partial charge in [0.1, 0.15) is 0 Å². The molecule has 25 heavy (non-hydrogen) atoms. The van der Waals surface area contributed by atoms with Crippen LogP contribution < -0.4 is 4.90 Å². The molecule has 8 heteroatoms. The molecule has 1 aliphatic heterocycles. The van der Waals surface area contributed by atoms with Gasteiger partial charge in [-0.1, -0.05) is 0 Å². The van der Waals surface area contributed by atoms with E-state index in [9.17, 15) is 9.59 Å². The number of hydrogen-bond acceptors (Lipinski definition) is 6. The van der Waals surface area contributed by atoms with E-state index in [1.54, 1.807) is 28.3 Å². The molecule has 1 aromatic rings. The fraction of sp³-hybridized carbons (Fsp3) is 0.647. The molecule has 0 unspecified atom stereocenters. The van der Waals surface area contributed by atoms with E-state index < -0.39 is 0 Å². The van der Waals surface area contributed by atoms with Crippen LogP contribution in [0, 0.1) is 0 Å². The standard InChI is InChI=1S/C17H28N6O2/c1-4-21(5-2)15(24)13-20(3)14-16(25)22-9-11-23(12-10-22)17-18-7-6-8-19-17/h6-8H,4-5,9-14H2,1-3H3. The Morgan fingerprint density at radius 1 is 1.04 bits per heavy atom. The van der Waals surface area contributed by atoms with Crippen LogP contribution in [0.2, 0.25) is 0 Å². The van der Waals surface area contributed by atoms with Crippen LogP contribution in [-0.4, -0.2) is 95.9 Å². The summed E-state index contributed by atoms with van der Waals surface area (Å²) in [4.78, 5) is 40.5. The van der Waals surface area contributed by atoms with Gasteiger partial charge in [-0.3, -0.25) is 14.5 Å². The van der Waals surface area contributed by atoms with Gasteiger partial charge in [0.05, 0.1) is 13.1 Å². The van der Waals surface area contributed by atoms with Crippen molar-refractivity contribution in [1.82, 2.24) is 24.7 Å². The second-order valence-corrected chi connectivity index (χ2v) is 6.15. The van der Waals surface area contributed by atoms with E-state index in [0.29, 0.717) is 32.1 Å². The van der Waals surface area contributed by atoms with Gasteiger partial charge in [-0.15, -0.1) is 0 Å². The molecule has 0 spiro atoms. The lowest BCUT2D eigenvalue weighted by atomic mass is 10.3. The molecule has 2 heterocycles. The molecule has 0 bridgehead atoms. The quantitative estimate of drug-likeness (QED) is 0.687. The summed E-state index contributed by atoms with van der Waals surface area (Å²) in [5.74, 6) is 0.825. The Bertz CT molecular complexity index is 556. The number of anilines is 1. The van der Waals surface area contributed by atoms with Gasteiger partial charge < -0.3 is 14.7 Å². The van der Waals surface area contributed by atoms with Crippen molar-refractivity contribution in [2.45, 2.75) is 13.8 Å². The van der Waals surface area contributed by atoms with Crippen molar-refractivity contribution < 1.29 is 9.59 Å². The van der Waals surface area contributed by atoms with Crippen molar-refractivity contribution in [3.05, 3.63) is 18.5 Å². The van der Waals surface area contributed by atoms with Crippen molar-refractivity contribution in [3.63, 3.8) is 0 Å². The number of nitrogens with zero attached hydrogens (tertiary/aromatic N) is 6. The van der Waals surface area contributed by atoms with E-state index >= 15 is 0 Å². The number of carbonyl (C=O) groups is 2. The van der Waals surface area contributed by atoms with E-state index in [0.717, 1.165) is 13.1 Å². The normalized spacial score (nSPS) is 14.7. The van der Waals surface area contributed by atoms with Gasteiger partial charge >= 0.3 is 0 Å². The van der Waals surface area contributed by atoms with Crippen molar-refractivity contribution >= 4 is 17.8 Å². The van der Waals surface area contributed by atoms with E-state index in [2.05, 4.69) is 14.9 Å². The number of hydrogen-bond donors (Lipinski definition) is 0. The smallest absolute Gasteiger partial charge is 0.236 e. The number of rotatable bonds is 7. The number of amides is 2. The first-order valence-corrected chi connectivity index (χ1v) is 8.81. The van der Waals surface area contributed by atoms with Crippen molar-refractivity contribution in [1.29, 1.82) is 0 Å². The topological polar surface area (TPSA) is 72.9 Å². The Balaban J connectivity index is 1.77. The lowest BCUT2D eigenvalue weighted by Gasteiger charge is -2.35. The molecule has 0 atom stereocenters. The van der Waals surface area contributed by atoms with Crippen molar-refractivity contribution in [3.8, 4) is 0 Å². The summed E-state index contributed by atoms with van der Waals surface area (Å²) in [7, 11) is 1.81. The van der Waals surface area contributed by atoms with Gasteiger partial charge in [0, 0.05) is 51.7 Å².